The Bertz CT molecular complexity index is 1470. The van der Waals surface area contributed by atoms with Gasteiger partial charge in [-0.1, -0.05) is 48.5 Å². The average molecular weight is 600 g/mol. The third-order valence-corrected chi connectivity index (χ3v) is 7.52. The number of nitrogens with zero attached hydrogens (tertiary/aromatic N) is 5. The van der Waals surface area contributed by atoms with E-state index >= 15 is 0 Å². The maximum atomic E-state index is 13.8. The zero-order valence-electron chi connectivity index (χ0n) is 20.2. The molecule has 0 amide bonds. The molecule has 1 aliphatic heterocycles. The number of piperazine rings is 1. The van der Waals surface area contributed by atoms with Crippen LogP contribution in [0.25, 0.3) is 11.2 Å². The predicted molar refractivity (Wildman–Crippen MR) is 149 cm³/mol. The smallest absolute Gasteiger partial charge is 0.332 e. The highest BCUT2D eigenvalue weighted by Crippen LogP contribution is 2.23. The van der Waals surface area contributed by atoms with E-state index in [0.29, 0.717) is 24.3 Å². The molecule has 0 unspecified atom stereocenters. The van der Waals surface area contributed by atoms with Crippen molar-refractivity contribution in [1.82, 2.24) is 24.0 Å². The van der Waals surface area contributed by atoms with Crippen molar-refractivity contribution in [2.24, 2.45) is 7.05 Å². The molecule has 0 atom stereocenters. The summed E-state index contributed by atoms with van der Waals surface area (Å²) in [7, 11) is 1.68. The first-order chi connectivity index (χ1) is 17.5. The molecule has 0 radical (unpaired) electrons. The van der Waals surface area contributed by atoms with E-state index in [1.165, 1.54) is 9.13 Å². The van der Waals surface area contributed by atoms with Gasteiger partial charge in [-0.05, 0) is 39.8 Å². The van der Waals surface area contributed by atoms with E-state index < -0.39 is 0 Å². The van der Waals surface area contributed by atoms with Crippen molar-refractivity contribution in [1.29, 1.82) is 0 Å². The first-order valence-electron chi connectivity index (χ1n) is 12.1. The van der Waals surface area contributed by atoms with Crippen molar-refractivity contribution in [2.45, 2.75) is 19.7 Å². The van der Waals surface area contributed by atoms with E-state index in [-0.39, 0.29) is 24.4 Å². The van der Waals surface area contributed by atoms with E-state index in [9.17, 15) is 9.59 Å². The molecule has 10 heteroatoms. The standard InChI is InChI=1S/C26H29IN6O3/c1-30-23-22(24(34)32(26(30)35)15-16-36-18-19-7-3-2-4-8-19)33(17-20-9-5-6-10-21(20)27)25(29-23)31-13-11-28-12-14-31/h2-10,28H,11-18H2,1H3. The molecule has 1 aliphatic rings. The lowest BCUT2D eigenvalue weighted by Crippen LogP contribution is -2.44. The number of fused-ring (bicyclic) bond motifs is 1. The third kappa shape index (κ3) is 4.97. The van der Waals surface area contributed by atoms with Crippen LogP contribution >= 0.6 is 22.6 Å². The van der Waals surface area contributed by atoms with E-state index in [1.54, 1.807) is 7.05 Å². The van der Waals surface area contributed by atoms with Crippen LogP contribution in [0.3, 0.4) is 0 Å². The highest BCUT2D eigenvalue weighted by Gasteiger charge is 2.25. The Morgan fingerprint density at radius 1 is 1.00 bits per heavy atom. The van der Waals surface area contributed by atoms with Gasteiger partial charge in [-0.15, -0.1) is 0 Å². The van der Waals surface area contributed by atoms with Gasteiger partial charge in [0, 0.05) is 36.8 Å². The van der Waals surface area contributed by atoms with Gasteiger partial charge in [0.25, 0.3) is 5.56 Å². The Labute approximate surface area is 222 Å². The number of imidazole rings is 1. The van der Waals surface area contributed by atoms with Gasteiger partial charge in [-0.25, -0.2) is 4.79 Å². The van der Waals surface area contributed by atoms with Gasteiger partial charge >= 0.3 is 5.69 Å². The van der Waals surface area contributed by atoms with Crippen molar-refractivity contribution < 1.29 is 4.74 Å². The van der Waals surface area contributed by atoms with Crippen LogP contribution in [-0.2, 0) is 31.5 Å². The summed E-state index contributed by atoms with van der Waals surface area (Å²) in [5, 5.41) is 3.36. The molecule has 0 bridgehead atoms. The third-order valence-electron chi connectivity index (χ3n) is 6.47. The molecule has 3 heterocycles. The summed E-state index contributed by atoms with van der Waals surface area (Å²) >= 11 is 2.32. The summed E-state index contributed by atoms with van der Waals surface area (Å²) in [4.78, 5) is 34.0. The van der Waals surface area contributed by atoms with Crippen LogP contribution in [0.1, 0.15) is 11.1 Å². The quantitative estimate of drug-likeness (QED) is 0.247. The molecule has 2 aromatic carbocycles. The number of hydrogen-bond acceptors (Lipinski definition) is 6. The van der Waals surface area contributed by atoms with Crippen molar-refractivity contribution >= 4 is 39.7 Å². The minimum absolute atomic E-state index is 0.172. The van der Waals surface area contributed by atoms with Gasteiger partial charge < -0.3 is 15.0 Å². The molecule has 9 nitrogen and oxygen atoms in total. The Balaban J connectivity index is 1.54. The van der Waals surface area contributed by atoms with E-state index in [4.69, 9.17) is 9.72 Å². The maximum absolute atomic E-state index is 13.8. The van der Waals surface area contributed by atoms with Crippen molar-refractivity contribution in [2.75, 3.05) is 37.7 Å². The first kappa shape index (κ1) is 24.7. The summed E-state index contributed by atoms with van der Waals surface area (Å²) in [6.07, 6.45) is 0. The molecule has 36 heavy (non-hydrogen) atoms. The van der Waals surface area contributed by atoms with Crippen molar-refractivity contribution in [3.05, 3.63) is 90.1 Å². The van der Waals surface area contributed by atoms with Crippen LogP contribution in [0.15, 0.2) is 64.2 Å². The number of rotatable bonds is 8. The second-order valence-corrected chi connectivity index (χ2v) is 10.00. The highest BCUT2D eigenvalue weighted by molar-refractivity contribution is 14.1. The normalized spacial score (nSPS) is 14.0. The molecule has 188 valence electrons. The minimum atomic E-state index is -0.387. The number of benzene rings is 2. The molecule has 4 aromatic rings. The largest absolute Gasteiger partial charge is 0.375 e. The number of halogens is 1. The van der Waals surface area contributed by atoms with E-state index in [2.05, 4.69) is 44.9 Å². The van der Waals surface area contributed by atoms with Crippen LogP contribution in [0.4, 0.5) is 5.95 Å². The molecular weight excluding hydrogens is 571 g/mol. The molecule has 0 spiro atoms. The maximum Gasteiger partial charge on any atom is 0.332 e. The highest BCUT2D eigenvalue weighted by atomic mass is 127. The summed E-state index contributed by atoms with van der Waals surface area (Å²) in [6.45, 7) is 4.59. The molecule has 2 aromatic heterocycles. The number of aromatic nitrogens is 4. The topological polar surface area (TPSA) is 86.3 Å². The fraction of sp³-hybridized carbons (Fsp3) is 0.346. The number of nitrogens with one attached hydrogen (secondary N) is 1. The van der Waals surface area contributed by atoms with Crippen LogP contribution in [0.2, 0.25) is 0 Å². The summed E-state index contributed by atoms with van der Waals surface area (Å²) in [5.74, 6) is 0.719. The van der Waals surface area contributed by atoms with Crippen LogP contribution in [0, 0.1) is 3.57 Å². The second-order valence-electron chi connectivity index (χ2n) is 8.84. The van der Waals surface area contributed by atoms with Gasteiger partial charge in [-0.2, -0.15) is 4.98 Å². The molecular formula is C26H29IN6O3. The second kappa shape index (κ2) is 11.0. The Kier molecular flexibility index (Phi) is 7.54. The summed E-state index contributed by atoms with van der Waals surface area (Å²) in [6, 6.07) is 18.0. The predicted octanol–water partition coefficient (Wildman–Crippen LogP) is 2.18. The van der Waals surface area contributed by atoms with E-state index in [1.807, 2.05) is 47.0 Å². The Morgan fingerprint density at radius 2 is 1.72 bits per heavy atom. The minimum Gasteiger partial charge on any atom is -0.375 e. The van der Waals surface area contributed by atoms with Gasteiger partial charge in [0.05, 0.1) is 26.3 Å². The molecule has 0 saturated carbocycles. The fourth-order valence-electron chi connectivity index (χ4n) is 4.53. The fourth-order valence-corrected chi connectivity index (χ4v) is 5.09. The molecule has 1 N–H and O–H groups in total. The van der Waals surface area contributed by atoms with Crippen molar-refractivity contribution in [3.8, 4) is 0 Å². The number of ether oxygens (including phenoxy) is 1. The monoisotopic (exact) mass is 600 g/mol. The number of hydrogen-bond donors (Lipinski definition) is 1. The van der Waals surface area contributed by atoms with Crippen molar-refractivity contribution in [3.63, 3.8) is 0 Å². The van der Waals surface area contributed by atoms with Gasteiger partial charge in [-0.3, -0.25) is 18.5 Å². The number of anilines is 1. The van der Waals surface area contributed by atoms with Gasteiger partial charge in [0.2, 0.25) is 5.95 Å². The lowest BCUT2D eigenvalue weighted by molar-refractivity contribution is 0.111. The van der Waals surface area contributed by atoms with Crippen LogP contribution < -0.4 is 21.5 Å². The van der Waals surface area contributed by atoms with Gasteiger partial charge in [0.1, 0.15) is 0 Å². The molecule has 5 rings (SSSR count). The van der Waals surface area contributed by atoms with Crippen LogP contribution in [0.5, 0.6) is 0 Å². The van der Waals surface area contributed by atoms with Crippen LogP contribution in [-0.4, -0.2) is 51.5 Å². The van der Waals surface area contributed by atoms with Gasteiger partial charge in [0.15, 0.2) is 11.2 Å². The SMILES string of the molecule is Cn1c(=O)n(CCOCc2ccccc2)c(=O)c2c1nc(N1CCNCC1)n2Cc1ccccc1I. The molecule has 1 fully saturated rings. The summed E-state index contributed by atoms with van der Waals surface area (Å²) in [5.41, 5.74) is 2.27. The molecule has 0 aliphatic carbocycles. The zero-order chi connectivity index (χ0) is 25.1. The lowest BCUT2D eigenvalue weighted by Gasteiger charge is -2.28. The first-order valence-corrected chi connectivity index (χ1v) is 13.1. The summed E-state index contributed by atoms with van der Waals surface area (Å²) < 4.78 is 11.6. The Morgan fingerprint density at radius 3 is 2.47 bits per heavy atom. The van der Waals surface area contributed by atoms with E-state index in [0.717, 1.165) is 46.8 Å². The average Bonchev–Trinajstić information content (AvgIpc) is 3.29. The zero-order valence-corrected chi connectivity index (χ0v) is 22.3. The number of aryl methyl sites for hydroxylation is 1. The lowest BCUT2D eigenvalue weighted by atomic mass is 10.2. The Hall–Kier alpha value is -2.96. The molecule has 1 saturated heterocycles.